The Kier molecular flexibility index (Phi) is 8.73. The molecule has 3 aromatic carbocycles. The third-order valence-corrected chi connectivity index (χ3v) is 10.1. The van der Waals surface area contributed by atoms with E-state index in [0.717, 1.165) is 56.8 Å². The van der Waals surface area contributed by atoms with Gasteiger partial charge in [-0.15, -0.1) is 0 Å². The Morgan fingerprint density at radius 3 is 2.34 bits per heavy atom. The number of amides is 3. The molecule has 5 aromatic rings. The summed E-state index contributed by atoms with van der Waals surface area (Å²) >= 11 is 0. The van der Waals surface area contributed by atoms with Gasteiger partial charge in [0.15, 0.2) is 5.76 Å². The summed E-state index contributed by atoms with van der Waals surface area (Å²) in [6.07, 6.45) is 3.97. The van der Waals surface area contributed by atoms with Crippen LogP contribution in [-0.2, 0) is 11.2 Å². The fourth-order valence-electron chi connectivity index (χ4n) is 7.30. The number of nitrogens with zero attached hydrogens (tertiary/aromatic N) is 3. The number of carbonyl (C=O) groups is 3. The molecule has 2 saturated heterocycles. The Morgan fingerprint density at radius 2 is 1.60 bits per heavy atom. The van der Waals surface area contributed by atoms with Crippen molar-refractivity contribution < 1.29 is 36.7 Å². The van der Waals surface area contributed by atoms with Crippen molar-refractivity contribution in [3.05, 3.63) is 124 Å². The third kappa shape index (κ3) is 6.52. The molecule has 270 valence electrons. The van der Waals surface area contributed by atoms with Crippen molar-refractivity contribution >= 4 is 40.6 Å². The Hall–Kier alpha value is -5.95. The molecule has 3 amide bonds. The van der Waals surface area contributed by atoms with Gasteiger partial charge in [0.25, 0.3) is 17.7 Å². The molecule has 5 heterocycles. The van der Waals surface area contributed by atoms with Crippen LogP contribution in [-0.4, -0.2) is 55.6 Å². The first-order valence-corrected chi connectivity index (χ1v) is 17.3. The Bertz CT molecular complexity index is 2240. The number of nitrogens with one attached hydrogen (secondary N) is 2. The lowest BCUT2D eigenvalue weighted by Gasteiger charge is -2.53. The van der Waals surface area contributed by atoms with Crippen molar-refractivity contribution in [3.8, 4) is 11.3 Å². The number of ether oxygens (including phenoxy) is 1. The molecule has 0 saturated carbocycles. The van der Waals surface area contributed by atoms with E-state index >= 15 is 0 Å². The molecule has 10 nitrogen and oxygen atoms in total. The van der Waals surface area contributed by atoms with E-state index in [1.165, 1.54) is 35.2 Å². The summed E-state index contributed by atoms with van der Waals surface area (Å²) in [5, 5.41) is 5.15. The van der Waals surface area contributed by atoms with Crippen LogP contribution < -0.4 is 20.4 Å². The van der Waals surface area contributed by atoms with Crippen LogP contribution >= 0.6 is 0 Å². The number of hydrogen-bond acceptors (Lipinski definition) is 7. The Morgan fingerprint density at radius 1 is 0.868 bits per heavy atom. The van der Waals surface area contributed by atoms with Gasteiger partial charge in [0.05, 0.1) is 11.3 Å². The standard InChI is InChI=1S/C40H34F3N5O5/c1-23-17-29(36(44-20-23)47-21-40(22-47)12-15-52-16-13-40)37(49)45-27-8-5-24(6-9-27)39(51)48-14-11-25-18-33(38(50)46-34-30(42)3-2-4-31(34)43)53-35(25)28-10-7-26(41)19-32(28)48/h2-10,17-20H,11-16,21-22H2,1H3,(H,45,49)(H,46,50). The number of hydrogen-bond donors (Lipinski definition) is 2. The number of benzene rings is 3. The molecule has 3 aliphatic heterocycles. The Balaban J connectivity index is 0.991. The van der Waals surface area contributed by atoms with Gasteiger partial charge in [0, 0.05) is 66.8 Å². The van der Waals surface area contributed by atoms with E-state index in [9.17, 15) is 27.6 Å². The maximum Gasteiger partial charge on any atom is 0.291 e. The van der Waals surface area contributed by atoms with Crippen LogP contribution in [0.4, 0.5) is 36.1 Å². The molecule has 2 aromatic heterocycles. The highest BCUT2D eigenvalue weighted by Crippen LogP contribution is 2.43. The fraction of sp³-hybridized carbons (Fsp3) is 0.250. The van der Waals surface area contributed by atoms with Crippen molar-refractivity contribution in [2.75, 3.05) is 53.3 Å². The number of furan rings is 1. The van der Waals surface area contributed by atoms with E-state index in [2.05, 4.69) is 20.5 Å². The molecule has 8 rings (SSSR count). The fourth-order valence-corrected chi connectivity index (χ4v) is 7.30. The van der Waals surface area contributed by atoms with E-state index in [0.29, 0.717) is 33.8 Å². The maximum absolute atomic E-state index is 14.7. The van der Waals surface area contributed by atoms with E-state index in [1.54, 1.807) is 30.5 Å². The van der Waals surface area contributed by atoms with Gasteiger partial charge in [-0.05, 0) is 98.5 Å². The second kappa shape index (κ2) is 13.6. The van der Waals surface area contributed by atoms with Gasteiger partial charge in [-0.25, -0.2) is 18.2 Å². The highest BCUT2D eigenvalue weighted by atomic mass is 19.1. The summed E-state index contributed by atoms with van der Waals surface area (Å²) in [7, 11) is 0. The largest absolute Gasteiger partial charge is 0.451 e. The summed E-state index contributed by atoms with van der Waals surface area (Å²) in [5.74, 6) is -3.42. The van der Waals surface area contributed by atoms with Gasteiger partial charge in [-0.1, -0.05) is 6.07 Å². The van der Waals surface area contributed by atoms with Crippen LogP contribution in [0.3, 0.4) is 0 Å². The van der Waals surface area contributed by atoms with Crippen LogP contribution in [0.15, 0.2) is 83.4 Å². The molecule has 53 heavy (non-hydrogen) atoms. The van der Waals surface area contributed by atoms with Crippen molar-refractivity contribution in [3.63, 3.8) is 0 Å². The summed E-state index contributed by atoms with van der Waals surface area (Å²) < 4.78 is 54.5. The SMILES string of the molecule is Cc1cnc(N2CC3(CCOCC3)C2)c(C(=O)Nc2ccc(C(=O)N3CCc4cc(C(=O)Nc5c(F)cccc5F)oc4-c4ccc(F)cc43)cc2)c1. The average molecular weight is 722 g/mol. The lowest BCUT2D eigenvalue weighted by atomic mass is 9.73. The predicted molar refractivity (Wildman–Crippen MR) is 192 cm³/mol. The summed E-state index contributed by atoms with van der Waals surface area (Å²) in [5.41, 5.74) is 2.82. The van der Waals surface area contributed by atoms with Gasteiger partial charge >= 0.3 is 0 Å². The minimum absolute atomic E-state index is 0.108. The van der Waals surface area contributed by atoms with E-state index in [4.69, 9.17) is 9.15 Å². The van der Waals surface area contributed by atoms with Gasteiger partial charge in [0.1, 0.15) is 34.7 Å². The quantitative estimate of drug-likeness (QED) is 0.188. The zero-order valence-electron chi connectivity index (χ0n) is 28.7. The van der Waals surface area contributed by atoms with Crippen molar-refractivity contribution in [1.29, 1.82) is 0 Å². The highest BCUT2D eigenvalue weighted by molar-refractivity contribution is 6.10. The number of halogens is 3. The molecule has 2 N–H and O–H groups in total. The lowest BCUT2D eigenvalue weighted by molar-refractivity contribution is -0.000511. The smallest absolute Gasteiger partial charge is 0.291 e. The van der Waals surface area contributed by atoms with Crippen molar-refractivity contribution in [1.82, 2.24) is 4.98 Å². The number of fused-ring (bicyclic) bond motifs is 3. The first-order chi connectivity index (χ1) is 25.6. The molecule has 0 atom stereocenters. The zero-order valence-corrected chi connectivity index (χ0v) is 28.7. The van der Waals surface area contributed by atoms with Gasteiger partial charge in [0.2, 0.25) is 0 Å². The molecule has 0 radical (unpaired) electrons. The number of para-hydroxylation sites is 1. The summed E-state index contributed by atoms with van der Waals surface area (Å²) in [6.45, 7) is 5.13. The zero-order chi connectivity index (χ0) is 36.9. The molecular formula is C40H34F3N5O5. The molecule has 0 unspecified atom stereocenters. The van der Waals surface area contributed by atoms with Crippen LogP contribution in [0.2, 0.25) is 0 Å². The highest BCUT2D eigenvalue weighted by Gasteiger charge is 2.45. The molecule has 1 spiro atoms. The molecular weight excluding hydrogens is 687 g/mol. The summed E-state index contributed by atoms with van der Waals surface area (Å²) in [4.78, 5) is 48.7. The van der Waals surface area contributed by atoms with Crippen molar-refractivity contribution in [2.45, 2.75) is 26.2 Å². The molecule has 3 aliphatic rings. The van der Waals surface area contributed by atoms with E-state index in [-0.39, 0.29) is 41.5 Å². The van der Waals surface area contributed by atoms with Crippen LogP contribution in [0.25, 0.3) is 11.3 Å². The first-order valence-electron chi connectivity index (χ1n) is 17.3. The molecule has 0 aliphatic carbocycles. The predicted octanol–water partition coefficient (Wildman–Crippen LogP) is 7.39. The normalized spacial score (nSPS) is 15.9. The van der Waals surface area contributed by atoms with Gasteiger partial charge < -0.3 is 29.6 Å². The van der Waals surface area contributed by atoms with Crippen LogP contribution in [0, 0.1) is 29.8 Å². The number of pyridine rings is 1. The second-order valence-corrected chi connectivity index (χ2v) is 13.8. The number of aryl methyl sites for hydroxylation is 1. The van der Waals surface area contributed by atoms with Crippen LogP contribution in [0.1, 0.15) is 55.2 Å². The van der Waals surface area contributed by atoms with Gasteiger partial charge in [-0.2, -0.15) is 0 Å². The third-order valence-electron chi connectivity index (χ3n) is 10.1. The van der Waals surface area contributed by atoms with E-state index < -0.39 is 35.0 Å². The first kappa shape index (κ1) is 34.2. The van der Waals surface area contributed by atoms with E-state index in [1.807, 2.05) is 13.0 Å². The Labute approximate surface area is 302 Å². The van der Waals surface area contributed by atoms with Gasteiger partial charge in [-0.3, -0.25) is 14.4 Å². The van der Waals surface area contributed by atoms with Crippen LogP contribution in [0.5, 0.6) is 0 Å². The average Bonchev–Trinajstić information content (AvgIpc) is 3.51. The topological polar surface area (TPSA) is 117 Å². The summed E-state index contributed by atoms with van der Waals surface area (Å²) in [6, 6.07) is 16.8. The molecule has 0 bridgehead atoms. The number of carbonyl (C=O) groups excluding carboxylic acids is 3. The minimum Gasteiger partial charge on any atom is -0.451 e. The lowest BCUT2D eigenvalue weighted by Crippen LogP contribution is -2.59. The maximum atomic E-state index is 14.7. The minimum atomic E-state index is -0.944. The number of aromatic nitrogens is 1. The monoisotopic (exact) mass is 721 g/mol. The molecule has 13 heteroatoms. The number of rotatable bonds is 6. The second-order valence-electron chi connectivity index (χ2n) is 13.8. The molecule has 2 fully saturated rings. The number of anilines is 4. The van der Waals surface area contributed by atoms with Crippen molar-refractivity contribution in [2.24, 2.45) is 5.41 Å².